The quantitative estimate of drug-likeness (QED) is 0.807. The molecule has 1 saturated heterocycles. The number of hydrogen-bond donors (Lipinski definition) is 0. The van der Waals surface area contributed by atoms with Crippen molar-refractivity contribution in [1.29, 1.82) is 0 Å². The van der Waals surface area contributed by atoms with E-state index in [1.54, 1.807) is 14.2 Å². The first-order valence-electron chi connectivity index (χ1n) is 8.31. The second-order valence-corrected chi connectivity index (χ2v) is 6.09. The van der Waals surface area contributed by atoms with Crippen molar-refractivity contribution in [2.75, 3.05) is 40.4 Å². The topological polar surface area (TPSA) is 42.0 Å². The molecule has 1 fully saturated rings. The lowest BCUT2D eigenvalue weighted by molar-refractivity contribution is -0.136. The molecule has 1 aromatic carbocycles. The number of amides is 1. The Morgan fingerprint density at radius 2 is 1.87 bits per heavy atom. The Balaban J connectivity index is 1.95. The Kier molecular flexibility index (Phi) is 6.28. The van der Waals surface area contributed by atoms with Crippen LogP contribution in [0, 0.1) is 5.92 Å². The van der Waals surface area contributed by atoms with Crippen LogP contribution in [0.4, 0.5) is 0 Å². The molecule has 1 aliphatic rings. The van der Waals surface area contributed by atoms with Crippen LogP contribution in [0.5, 0.6) is 11.5 Å². The van der Waals surface area contributed by atoms with Crippen LogP contribution in [-0.2, 0) is 11.3 Å². The molecule has 5 nitrogen and oxygen atoms in total. The molecule has 0 radical (unpaired) electrons. The summed E-state index contributed by atoms with van der Waals surface area (Å²) in [6.45, 7) is 8.27. The zero-order valence-corrected chi connectivity index (χ0v) is 14.7. The van der Waals surface area contributed by atoms with Gasteiger partial charge in [0.1, 0.15) is 11.5 Å². The zero-order chi connectivity index (χ0) is 16.8. The molecule has 128 valence electrons. The summed E-state index contributed by atoms with van der Waals surface area (Å²) in [6, 6.07) is 5.87. The summed E-state index contributed by atoms with van der Waals surface area (Å²) in [5.74, 6) is 2.13. The summed E-state index contributed by atoms with van der Waals surface area (Å²) in [7, 11) is 3.36. The Morgan fingerprint density at radius 1 is 1.17 bits per heavy atom. The average Bonchev–Trinajstić information content (AvgIpc) is 2.61. The van der Waals surface area contributed by atoms with E-state index in [-0.39, 0.29) is 11.8 Å². The standard InChI is InChI=1S/C18H28N2O3/c1-5-14(2)18(21)20-10-8-19(9-11-20)13-15-12-16(22-3)6-7-17(15)23-4/h6-7,12,14H,5,8-11,13H2,1-4H3. The number of ether oxygens (including phenoxy) is 2. The highest BCUT2D eigenvalue weighted by Crippen LogP contribution is 2.25. The van der Waals surface area contributed by atoms with Crippen molar-refractivity contribution in [2.45, 2.75) is 26.8 Å². The Hall–Kier alpha value is -1.75. The fraction of sp³-hybridized carbons (Fsp3) is 0.611. The second-order valence-electron chi connectivity index (χ2n) is 6.09. The summed E-state index contributed by atoms with van der Waals surface area (Å²) < 4.78 is 10.7. The normalized spacial score (nSPS) is 17.0. The molecule has 2 rings (SSSR count). The van der Waals surface area contributed by atoms with Crippen LogP contribution < -0.4 is 9.47 Å². The van der Waals surface area contributed by atoms with E-state index in [0.717, 1.165) is 56.2 Å². The number of carbonyl (C=O) groups is 1. The minimum absolute atomic E-state index is 0.125. The maximum Gasteiger partial charge on any atom is 0.225 e. The number of hydrogen-bond acceptors (Lipinski definition) is 4. The largest absolute Gasteiger partial charge is 0.497 e. The van der Waals surface area contributed by atoms with E-state index in [0.29, 0.717) is 0 Å². The molecule has 5 heteroatoms. The van der Waals surface area contributed by atoms with Crippen molar-refractivity contribution < 1.29 is 14.3 Å². The lowest BCUT2D eigenvalue weighted by atomic mass is 10.1. The summed E-state index contributed by atoms with van der Waals surface area (Å²) in [4.78, 5) is 16.6. The molecule has 1 heterocycles. The number of benzene rings is 1. The van der Waals surface area contributed by atoms with E-state index in [9.17, 15) is 4.79 Å². The van der Waals surface area contributed by atoms with Crippen LogP contribution in [0.3, 0.4) is 0 Å². The smallest absolute Gasteiger partial charge is 0.225 e. The zero-order valence-electron chi connectivity index (χ0n) is 14.7. The van der Waals surface area contributed by atoms with Gasteiger partial charge in [-0.05, 0) is 24.6 Å². The average molecular weight is 320 g/mol. The van der Waals surface area contributed by atoms with Gasteiger partial charge in [-0.2, -0.15) is 0 Å². The fourth-order valence-electron chi connectivity index (χ4n) is 2.86. The van der Waals surface area contributed by atoms with Gasteiger partial charge in [0.05, 0.1) is 14.2 Å². The maximum atomic E-state index is 12.2. The second kappa shape index (κ2) is 8.20. The molecule has 0 spiro atoms. The van der Waals surface area contributed by atoms with Crippen molar-refractivity contribution in [3.8, 4) is 11.5 Å². The lowest BCUT2D eigenvalue weighted by Crippen LogP contribution is -2.49. The number of carbonyl (C=O) groups excluding carboxylic acids is 1. The molecule has 1 aliphatic heterocycles. The predicted molar refractivity (Wildman–Crippen MR) is 90.9 cm³/mol. The third-order valence-electron chi connectivity index (χ3n) is 4.60. The molecule has 0 bridgehead atoms. The van der Waals surface area contributed by atoms with Crippen LogP contribution >= 0.6 is 0 Å². The fourth-order valence-corrected chi connectivity index (χ4v) is 2.86. The first-order chi connectivity index (χ1) is 11.1. The molecule has 1 amide bonds. The van der Waals surface area contributed by atoms with Crippen LogP contribution in [0.15, 0.2) is 18.2 Å². The van der Waals surface area contributed by atoms with Gasteiger partial charge in [-0.1, -0.05) is 13.8 Å². The predicted octanol–water partition coefficient (Wildman–Crippen LogP) is 2.39. The molecule has 0 saturated carbocycles. The number of piperazine rings is 1. The van der Waals surface area contributed by atoms with Crippen LogP contribution in [-0.4, -0.2) is 56.1 Å². The van der Waals surface area contributed by atoms with Crippen LogP contribution in [0.25, 0.3) is 0 Å². The molecular weight excluding hydrogens is 292 g/mol. The van der Waals surface area contributed by atoms with Gasteiger partial charge in [0.2, 0.25) is 5.91 Å². The molecular formula is C18H28N2O3. The Morgan fingerprint density at radius 3 is 2.43 bits per heavy atom. The summed E-state index contributed by atoms with van der Waals surface area (Å²) in [5, 5.41) is 0. The highest BCUT2D eigenvalue weighted by molar-refractivity contribution is 5.78. The molecule has 1 atom stereocenters. The minimum Gasteiger partial charge on any atom is -0.497 e. The van der Waals surface area contributed by atoms with Gasteiger partial charge in [-0.25, -0.2) is 0 Å². The monoisotopic (exact) mass is 320 g/mol. The molecule has 1 aromatic rings. The van der Waals surface area contributed by atoms with Gasteiger partial charge in [-0.3, -0.25) is 9.69 Å². The van der Waals surface area contributed by atoms with Gasteiger partial charge in [-0.15, -0.1) is 0 Å². The van der Waals surface area contributed by atoms with Crippen LogP contribution in [0.2, 0.25) is 0 Å². The van der Waals surface area contributed by atoms with Crippen LogP contribution in [0.1, 0.15) is 25.8 Å². The number of nitrogens with zero attached hydrogens (tertiary/aromatic N) is 2. The van der Waals surface area contributed by atoms with E-state index in [1.807, 2.05) is 30.0 Å². The Labute approximate surface area is 139 Å². The van der Waals surface area contributed by atoms with E-state index in [1.165, 1.54) is 0 Å². The van der Waals surface area contributed by atoms with E-state index in [4.69, 9.17) is 9.47 Å². The van der Waals surface area contributed by atoms with Crippen molar-refractivity contribution >= 4 is 5.91 Å². The van der Waals surface area contributed by atoms with E-state index >= 15 is 0 Å². The third-order valence-corrected chi connectivity index (χ3v) is 4.60. The van der Waals surface area contributed by atoms with Gasteiger partial charge < -0.3 is 14.4 Å². The van der Waals surface area contributed by atoms with Gasteiger partial charge in [0.25, 0.3) is 0 Å². The summed E-state index contributed by atoms with van der Waals surface area (Å²) in [6.07, 6.45) is 0.903. The summed E-state index contributed by atoms with van der Waals surface area (Å²) in [5.41, 5.74) is 1.12. The van der Waals surface area contributed by atoms with Crippen molar-refractivity contribution in [3.63, 3.8) is 0 Å². The molecule has 1 unspecified atom stereocenters. The first-order valence-corrected chi connectivity index (χ1v) is 8.31. The summed E-state index contributed by atoms with van der Waals surface area (Å²) >= 11 is 0. The molecule has 23 heavy (non-hydrogen) atoms. The highest BCUT2D eigenvalue weighted by atomic mass is 16.5. The van der Waals surface area contributed by atoms with Gasteiger partial charge in [0, 0.05) is 44.2 Å². The molecule has 0 N–H and O–H groups in total. The van der Waals surface area contributed by atoms with E-state index in [2.05, 4.69) is 11.8 Å². The van der Waals surface area contributed by atoms with Crippen molar-refractivity contribution in [2.24, 2.45) is 5.92 Å². The van der Waals surface area contributed by atoms with Gasteiger partial charge in [0.15, 0.2) is 0 Å². The number of methoxy groups -OCH3 is 2. The Bertz CT molecular complexity index is 525. The van der Waals surface area contributed by atoms with E-state index < -0.39 is 0 Å². The third kappa shape index (κ3) is 4.38. The minimum atomic E-state index is 0.125. The molecule has 0 aliphatic carbocycles. The highest BCUT2D eigenvalue weighted by Gasteiger charge is 2.24. The molecule has 0 aromatic heterocycles. The van der Waals surface area contributed by atoms with Gasteiger partial charge >= 0.3 is 0 Å². The maximum absolute atomic E-state index is 12.2. The first kappa shape index (κ1) is 17.6. The number of rotatable bonds is 6. The van der Waals surface area contributed by atoms with Crippen molar-refractivity contribution in [3.05, 3.63) is 23.8 Å². The van der Waals surface area contributed by atoms with Crippen molar-refractivity contribution in [1.82, 2.24) is 9.80 Å². The lowest BCUT2D eigenvalue weighted by Gasteiger charge is -2.36. The SMILES string of the molecule is CCC(C)C(=O)N1CCN(Cc2cc(OC)ccc2OC)CC1.